The van der Waals surface area contributed by atoms with Crippen LogP contribution >= 0.6 is 11.3 Å². The maximum Gasteiger partial charge on any atom is 0.135 e. The van der Waals surface area contributed by atoms with Gasteiger partial charge in [0, 0.05) is 4.88 Å². The normalized spacial score (nSPS) is 20.1. The summed E-state index contributed by atoms with van der Waals surface area (Å²) in [6.07, 6.45) is 5.10. The van der Waals surface area contributed by atoms with Crippen LogP contribution in [0.5, 0.6) is 0 Å². The average molecular weight is 261 g/mol. The molecule has 96 valence electrons. The van der Waals surface area contributed by atoms with E-state index in [1.807, 2.05) is 0 Å². The SMILES string of the molecule is CC(C)(C)[C@H]1CCc2c(sc3ncnc(N)c23)C1. The van der Waals surface area contributed by atoms with Gasteiger partial charge in [-0.2, -0.15) is 0 Å². The van der Waals surface area contributed by atoms with Gasteiger partial charge in [0.05, 0.1) is 5.39 Å². The third-order valence-electron chi connectivity index (χ3n) is 4.10. The minimum absolute atomic E-state index is 0.380. The molecule has 2 N–H and O–H groups in total. The molecule has 0 saturated heterocycles. The van der Waals surface area contributed by atoms with Crippen molar-refractivity contribution < 1.29 is 0 Å². The van der Waals surface area contributed by atoms with Crippen LogP contribution in [0.15, 0.2) is 6.33 Å². The van der Waals surface area contributed by atoms with E-state index in [4.69, 9.17) is 5.73 Å². The molecule has 0 unspecified atom stereocenters. The summed E-state index contributed by atoms with van der Waals surface area (Å²) in [6.45, 7) is 7.01. The number of nitrogens with two attached hydrogens (primary N) is 1. The largest absolute Gasteiger partial charge is 0.383 e. The summed E-state index contributed by atoms with van der Waals surface area (Å²) in [7, 11) is 0. The molecule has 1 aliphatic carbocycles. The first-order valence-electron chi connectivity index (χ1n) is 6.47. The van der Waals surface area contributed by atoms with Crippen molar-refractivity contribution >= 4 is 27.4 Å². The number of aryl methyl sites for hydroxylation is 1. The third kappa shape index (κ3) is 1.79. The number of nitrogen functional groups attached to an aromatic ring is 1. The topological polar surface area (TPSA) is 51.8 Å². The quantitative estimate of drug-likeness (QED) is 0.790. The molecule has 1 aliphatic rings. The van der Waals surface area contributed by atoms with Gasteiger partial charge in [-0.05, 0) is 36.2 Å². The van der Waals surface area contributed by atoms with Crippen LogP contribution in [0.2, 0.25) is 0 Å². The molecule has 0 aromatic carbocycles. The van der Waals surface area contributed by atoms with Gasteiger partial charge in [-0.3, -0.25) is 0 Å². The van der Waals surface area contributed by atoms with E-state index < -0.39 is 0 Å². The lowest BCUT2D eigenvalue weighted by molar-refractivity contribution is 0.218. The molecular formula is C14H19N3S. The second-order valence-electron chi connectivity index (χ2n) is 6.25. The lowest BCUT2D eigenvalue weighted by Crippen LogP contribution is -2.26. The van der Waals surface area contributed by atoms with Crippen LogP contribution in [-0.2, 0) is 12.8 Å². The number of hydrogen-bond acceptors (Lipinski definition) is 4. The molecule has 2 heterocycles. The fraction of sp³-hybridized carbons (Fsp3) is 0.571. The molecule has 0 fully saturated rings. The predicted octanol–water partition coefficient (Wildman–Crippen LogP) is 3.42. The molecule has 2 aromatic heterocycles. The van der Waals surface area contributed by atoms with Crippen LogP contribution < -0.4 is 5.73 Å². The number of nitrogens with zero attached hydrogens (tertiary/aromatic N) is 2. The second-order valence-corrected chi connectivity index (χ2v) is 7.33. The monoisotopic (exact) mass is 261 g/mol. The Morgan fingerprint density at radius 1 is 1.33 bits per heavy atom. The maximum atomic E-state index is 6.00. The highest BCUT2D eigenvalue weighted by atomic mass is 32.1. The van der Waals surface area contributed by atoms with Crippen LogP contribution in [-0.4, -0.2) is 9.97 Å². The predicted molar refractivity (Wildman–Crippen MR) is 76.8 cm³/mol. The van der Waals surface area contributed by atoms with Gasteiger partial charge in [0.2, 0.25) is 0 Å². The molecule has 0 amide bonds. The summed E-state index contributed by atoms with van der Waals surface area (Å²) >= 11 is 1.80. The molecule has 2 aromatic rings. The van der Waals surface area contributed by atoms with E-state index in [0.717, 1.165) is 22.6 Å². The lowest BCUT2D eigenvalue weighted by atomic mass is 9.72. The Kier molecular flexibility index (Phi) is 2.59. The lowest BCUT2D eigenvalue weighted by Gasteiger charge is -2.33. The van der Waals surface area contributed by atoms with Crippen LogP contribution in [0.3, 0.4) is 0 Å². The first-order valence-corrected chi connectivity index (χ1v) is 7.29. The van der Waals surface area contributed by atoms with E-state index in [1.54, 1.807) is 17.7 Å². The Labute approximate surface area is 111 Å². The number of fused-ring (bicyclic) bond motifs is 3. The van der Waals surface area contributed by atoms with Gasteiger partial charge < -0.3 is 5.73 Å². The van der Waals surface area contributed by atoms with Crippen LogP contribution in [0, 0.1) is 11.3 Å². The maximum absolute atomic E-state index is 6.00. The number of hydrogen-bond donors (Lipinski definition) is 1. The van der Waals surface area contributed by atoms with Gasteiger partial charge in [0.1, 0.15) is 17.0 Å². The van der Waals surface area contributed by atoms with Crippen molar-refractivity contribution in [2.45, 2.75) is 40.0 Å². The summed E-state index contributed by atoms with van der Waals surface area (Å²) in [5, 5.41) is 1.12. The van der Waals surface area contributed by atoms with E-state index in [0.29, 0.717) is 11.2 Å². The van der Waals surface area contributed by atoms with E-state index in [-0.39, 0.29) is 0 Å². The standard InChI is InChI=1S/C14H19N3S/c1-14(2,3)8-4-5-9-10(6-8)18-13-11(9)12(15)16-7-17-13/h7-8H,4-6H2,1-3H3,(H2,15,16,17)/t8-/m0/s1. The van der Waals surface area contributed by atoms with Gasteiger partial charge in [-0.1, -0.05) is 20.8 Å². The van der Waals surface area contributed by atoms with E-state index in [2.05, 4.69) is 30.7 Å². The van der Waals surface area contributed by atoms with Gasteiger partial charge in [-0.15, -0.1) is 11.3 Å². The van der Waals surface area contributed by atoms with Crippen molar-refractivity contribution in [3.8, 4) is 0 Å². The molecule has 0 saturated carbocycles. The molecule has 3 nitrogen and oxygen atoms in total. The number of aromatic nitrogens is 2. The zero-order chi connectivity index (χ0) is 12.9. The first-order chi connectivity index (χ1) is 8.47. The molecule has 18 heavy (non-hydrogen) atoms. The second kappa shape index (κ2) is 3.92. The summed E-state index contributed by atoms with van der Waals surface area (Å²) in [4.78, 5) is 11.0. The zero-order valence-electron chi connectivity index (χ0n) is 11.2. The molecule has 0 aliphatic heterocycles. The molecule has 4 heteroatoms. The fourth-order valence-electron chi connectivity index (χ4n) is 2.87. The summed E-state index contributed by atoms with van der Waals surface area (Å²) in [5.74, 6) is 1.40. The Morgan fingerprint density at radius 3 is 2.83 bits per heavy atom. The highest BCUT2D eigenvalue weighted by Gasteiger charge is 2.31. The molecule has 1 atom stereocenters. The molecule has 0 spiro atoms. The van der Waals surface area contributed by atoms with Crippen LogP contribution in [0.1, 0.15) is 37.6 Å². The minimum Gasteiger partial charge on any atom is -0.383 e. The fourth-order valence-corrected chi connectivity index (χ4v) is 4.15. The number of rotatable bonds is 0. The van der Waals surface area contributed by atoms with E-state index >= 15 is 0 Å². The number of thiophene rings is 1. The molecular weight excluding hydrogens is 242 g/mol. The summed E-state index contributed by atoms with van der Waals surface area (Å²) in [5.41, 5.74) is 7.79. The van der Waals surface area contributed by atoms with Crippen LogP contribution in [0.25, 0.3) is 10.2 Å². The number of anilines is 1. The minimum atomic E-state index is 0.380. The molecule has 0 radical (unpaired) electrons. The van der Waals surface area contributed by atoms with E-state index in [1.165, 1.54) is 23.3 Å². The molecule has 3 rings (SSSR count). The summed E-state index contributed by atoms with van der Waals surface area (Å²) in [6, 6.07) is 0. The van der Waals surface area contributed by atoms with Crippen LogP contribution in [0.4, 0.5) is 5.82 Å². The highest BCUT2D eigenvalue weighted by Crippen LogP contribution is 2.43. The van der Waals surface area contributed by atoms with Crippen molar-refractivity contribution in [3.63, 3.8) is 0 Å². The third-order valence-corrected chi connectivity index (χ3v) is 5.26. The van der Waals surface area contributed by atoms with Crippen molar-refractivity contribution in [3.05, 3.63) is 16.8 Å². The Hall–Kier alpha value is -1.16. The molecule has 0 bridgehead atoms. The van der Waals surface area contributed by atoms with Crippen molar-refractivity contribution in [1.82, 2.24) is 9.97 Å². The van der Waals surface area contributed by atoms with Gasteiger partial charge >= 0.3 is 0 Å². The summed E-state index contributed by atoms with van der Waals surface area (Å²) < 4.78 is 0. The van der Waals surface area contributed by atoms with Gasteiger partial charge in [0.15, 0.2) is 0 Å². The highest BCUT2D eigenvalue weighted by molar-refractivity contribution is 7.19. The average Bonchev–Trinajstić information content (AvgIpc) is 2.66. The van der Waals surface area contributed by atoms with Crippen molar-refractivity contribution in [2.24, 2.45) is 11.3 Å². The van der Waals surface area contributed by atoms with E-state index in [9.17, 15) is 0 Å². The Bertz CT molecular complexity index is 595. The Balaban J connectivity index is 2.08. The zero-order valence-corrected chi connectivity index (χ0v) is 12.0. The smallest absolute Gasteiger partial charge is 0.135 e. The van der Waals surface area contributed by atoms with Gasteiger partial charge in [0.25, 0.3) is 0 Å². The van der Waals surface area contributed by atoms with Crippen molar-refractivity contribution in [1.29, 1.82) is 0 Å². The first kappa shape index (κ1) is 11.9. The van der Waals surface area contributed by atoms with Crippen molar-refractivity contribution in [2.75, 3.05) is 5.73 Å². The Morgan fingerprint density at radius 2 is 2.11 bits per heavy atom. The van der Waals surface area contributed by atoms with Gasteiger partial charge in [-0.25, -0.2) is 9.97 Å².